The topological polar surface area (TPSA) is 44.6 Å². The highest BCUT2D eigenvalue weighted by Gasteiger charge is 2.43. The van der Waals surface area contributed by atoms with Crippen LogP contribution in [0.25, 0.3) is 0 Å². The molecule has 106 valence electrons. The summed E-state index contributed by atoms with van der Waals surface area (Å²) in [6.07, 6.45) is -5.02. The summed E-state index contributed by atoms with van der Waals surface area (Å²) in [5, 5.41) is 2.58. The molecule has 1 heterocycles. The minimum atomic E-state index is -4.42. The van der Waals surface area contributed by atoms with E-state index in [0.717, 1.165) is 10.6 Å². The molecule has 0 aromatic heterocycles. The maximum atomic E-state index is 11.8. The largest absolute Gasteiger partial charge is 0.405 e. The predicted molar refractivity (Wildman–Crippen MR) is 62.9 cm³/mol. The summed E-state index contributed by atoms with van der Waals surface area (Å²) in [7, 11) is 0. The first-order valence-electron chi connectivity index (χ1n) is 5.83. The molecule has 7 heteroatoms. The summed E-state index contributed by atoms with van der Waals surface area (Å²) in [6.45, 7) is 2.63. The average molecular weight is 276 g/mol. The molecule has 19 heavy (non-hydrogen) atoms. The number of carbonyl (C=O) groups excluding carboxylic acids is 1. The van der Waals surface area contributed by atoms with E-state index in [1.807, 2.05) is 13.8 Å². The van der Waals surface area contributed by atoms with Gasteiger partial charge in [-0.25, -0.2) is 9.63 Å². The molecule has 0 saturated carbocycles. The second kappa shape index (κ2) is 6.42. The van der Waals surface area contributed by atoms with Gasteiger partial charge in [0.2, 0.25) is 6.23 Å². The van der Waals surface area contributed by atoms with E-state index in [4.69, 9.17) is 4.84 Å². The molecule has 1 unspecified atom stereocenters. The Hall–Kier alpha value is -1.76. The Morgan fingerprint density at radius 3 is 2.42 bits per heavy atom. The first kappa shape index (κ1) is 15.3. The maximum Gasteiger partial charge on any atom is 0.405 e. The second-order valence-electron chi connectivity index (χ2n) is 3.47. The van der Waals surface area contributed by atoms with Crippen molar-refractivity contribution in [2.75, 3.05) is 6.54 Å². The van der Waals surface area contributed by atoms with Gasteiger partial charge in [0.1, 0.15) is 6.54 Å². The van der Waals surface area contributed by atoms with Crippen LogP contribution >= 0.6 is 0 Å². The molecule has 1 aliphatic heterocycles. The lowest BCUT2D eigenvalue weighted by atomic mass is 10.2. The molecule has 4 nitrogen and oxygen atoms in total. The monoisotopic (exact) mass is 276 g/mol. The Bertz CT molecular complexity index is 409. The molecule has 1 aliphatic rings. The lowest BCUT2D eigenvalue weighted by Crippen LogP contribution is -2.36. The lowest BCUT2D eigenvalue weighted by Gasteiger charge is -2.07. The van der Waals surface area contributed by atoms with E-state index in [9.17, 15) is 18.0 Å². The van der Waals surface area contributed by atoms with Crippen LogP contribution in [0.4, 0.5) is 18.0 Å². The van der Waals surface area contributed by atoms with E-state index < -0.39 is 25.0 Å². The number of carbonyl (C=O) groups is 1. The number of hydrogen-bond acceptors (Lipinski definition) is 2. The molecule has 1 aromatic carbocycles. The van der Waals surface area contributed by atoms with Gasteiger partial charge in [0, 0.05) is 5.56 Å². The van der Waals surface area contributed by atoms with Crippen molar-refractivity contribution in [3.63, 3.8) is 0 Å². The maximum absolute atomic E-state index is 11.8. The van der Waals surface area contributed by atoms with Gasteiger partial charge in [-0.1, -0.05) is 44.2 Å². The molecule has 0 aliphatic carbocycles. The molecule has 0 bridgehead atoms. The fourth-order valence-electron chi connectivity index (χ4n) is 1.30. The fourth-order valence-corrected chi connectivity index (χ4v) is 1.30. The molecule has 2 rings (SSSR count). The van der Waals surface area contributed by atoms with Gasteiger partial charge in [-0.2, -0.15) is 18.2 Å². The van der Waals surface area contributed by atoms with Crippen molar-refractivity contribution < 1.29 is 22.8 Å². The Labute approximate surface area is 109 Å². The minimum absolute atomic E-state index is 0.593. The summed E-state index contributed by atoms with van der Waals surface area (Å²) in [4.78, 5) is 16.1. The van der Waals surface area contributed by atoms with E-state index in [1.165, 1.54) is 0 Å². The molecule has 1 saturated heterocycles. The van der Waals surface area contributed by atoms with Crippen molar-refractivity contribution in [2.24, 2.45) is 0 Å². The fraction of sp³-hybridized carbons (Fsp3) is 0.417. The Morgan fingerprint density at radius 1 is 1.32 bits per heavy atom. The van der Waals surface area contributed by atoms with Gasteiger partial charge < -0.3 is 5.32 Å². The third-order valence-corrected chi connectivity index (χ3v) is 2.11. The number of amides is 2. The molecular weight excluding hydrogens is 261 g/mol. The summed E-state index contributed by atoms with van der Waals surface area (Å²) >= 11 is 0. The Kier molecular flexibility index (Phi) is 5.17. The van der Waals surface area contributed by atoms with Gasteiger partial charge in [0.25, 0.3) is 0 Å². The first-order chi connectivity index (χ1) is 8.97. The van der Waals surface area contributed by atoms with Crippen LogP contribution in [0.3, 0.4) is 0 Å². The van der Waals surface area contributed by atoms with Crippen molar-refractivity contribution >= 4 is 6.03 Å². The highest BCUT2D eigenvalue weighted by Crippen LogP contribution is 2.36. The highest BCUT2D eigenvalue weighted by molar-refractivity contribution is 5.75. The van der Waals surface area contributed by atoms with E-state index >= 15 is 0 Å². The van der Waals surface area contributed by atoms with Crippen molar-refractivity contribution in [1.82, 2.24) is 10.4 Å². The average Bonchev–Trinajstić information content (AvgIpc) is 3.19. The molecule has 1 atom stereocenters. The third kappa shape index (κ3) is 4.78. The van der Waals surface area contributed by atoms with Gasteiger partial charge in [0.05, 0.1) is 0 Å². The number of nitrogens with zero attached hydrogens (tertiary/aromatic N) is 1. The molecule has 0 spiro atoms. The number of alkyl halides is 3. The van der Waals surface area contributed by atoms with Gasteiger partial charge >= 0.3 is 12.2 Å². The normalized spacial score (nSPS) is 17.3. The van der Waals surface area contributed by atoms with Crippen molar-refractivity contribution in [2.45, 2.75) is 26.3 Å². The number of nitrogens with one attached hydrogen (secondary N) is 1. The van der Waals surface area contributed by atoms with E-state index in [2.05, 4.69) is 0 Å². The number of rotatable bonds is 2. The number of benzene rings is 1. The quantitative estimate of drug-likeness (QED) is 0.843. The van der Waals surface area contributed by atoms with Crippen LogP contribution in [0.2, 0.25) is 0 Å². The number of urea groups is 1. The second-order valence-corrected chi connectivity index (χ2v) is 3.47. The summed E-state index contributed by atoms with van der Waals surface area (Å²) in [5.41, 5.74) is 0.717. The molecule has 1 fully saturated rings. The van der Waals surface area contributed by atoms with Gasteiger partial charge in [-0.05, 0) is 0 Å². The Morgan fingerprint density at radius 2 is 1.89 bits per heavy atom. The van der Waals surface area contributed by atoms with Crippen LogP contribution in [0.5, 0.6) is 0 Å². The predicted octanol–water partition coefficient (Wildman–Crippen LogP) is 3.23. The van der Waals surface area contributed by atoms with Gasteiger partial charge in [-0.3, -0.25) is 0 Å². The zero-order valence-corrected chi connectivity index (χ0v) is 10.6. The smallest absolute Gasteiger partial charge is 0.327 e. The van der Waals surface area contributed by atoms with Crippen LogP contribution in [-0.4, -0.2) is 23.8 Å². The lowest BCUT2D eigenvalue weighted by molar-refractivity contribution is -0.123. The highest BCUT2D eigenvalue weighted by atomic mass is 19.4. The van der Waals surface area contributed by atoms with Crippen molar-refractivity contribution in [3.05, 3.63) is 35.9 Å². The van der Waals surface area contributed by atoms with Crippen LogP contribution in [0, 0.1) is 0 Å². The molecule has 0 radical (unpaired) electrons. The standard InChI is InChI=1S/C10H9F3N2O2.C2H6/c11-10(12,13)6-14-9(16)15-8(17-15)7-4-2-1-3-5-7;1-2/h1-5,8H,6H2,(H,14,16);1-2H3. The zero-order valence-electron chi connectivity index (χ0n) is 10.6. The molecule has 1 N–H and O–H groups in total. The van der Waals surface area contributed by atoms with Gasteiger partial charge in [0.15, 0.2) is 0 Å². The van der Waals surface area contributed by atoms with E-state index in [0.29, 0.717) is 0 Å². The molecule has 2 amide bonds. The summed E-state index contributed by atoms with van der Waals surface area (Å²) < 4.78 is 35.5. The minimum Gasteiger partial charge on any atom is -0.327 e. The van der Waals surface area contributed by atoms with Crippen LogP contribution in [0.15, 0.2) is 30.3 Å². The summed E-state index contributed by atoms with van der Waals surface area (Å²) in [6, 6.07) is 7.85. The van der Waals surface area contributed by atoms with Crippen molar-refractivity contribution in [1.29, 1.82) is 0 Å². The molecular formula is C12H15F3N2O2. The molecule has 1 aromatic rings. The SMILES string of the molecule is CC.O=C(NCC(F)(F)F)N1OC1c1ccccc1. The van der Waals surface area contributed by atoms with E-state index in [1.54, 1.807) is 35.6 Å². The van der Waals surface area contributed by atoms with Crippen LogP contribution < -0.4 is 5.32 Å². The van der Waals surface area contributed by atoms with E-state index in [-0.39, 0.29) is 0 Å². The van der Waals surface area contributed by atoms with Crippen molar-refractivity contribution in [3.8, 4) is 0 Å². The number of hydroxylamine groups is 2. The third-order valence-electron chi connectivity index (χ3n) is 2.11. The van der Waals surface area contributed by atoms with Crippen LogP contribution in [0.1, 0.15) is 25.6 Å². The number of hydrogen-bond donors (Lipinski definition) is 1. The zero-order chi connectivity index (χ0) is 14.5. The summed E-state index contributed by atoms with van der Waals surface area (Å²) in [5.74, 6) is 0. The number of halogens is 3. The van der Waals surface area contributed by atoms with Gasteiger partial charge in [-0.15, -0.1) is 0 Å². The Balaban J connectivity index is 0.000000861. The first-order valence-corrected chi connectivity index (χ1v) is 5.83. The van der Waals surface area contributed by atoms with Crippen LogP contribution in [-0.2, 0) is 4.84 Å².